The Morgan fingerprint density at radius 1 is 1.35 bits per heavy atom. The van der Waals surface area contributed by atoms with Gasteiger partial charge in [-0.25, -0.2) is 0 Å². The highest BCUT2D eigenvalue weighted by atomic mass is 16.5. The van der Waals surface area contributed by atoms with E-state index in [9.17, 15) is 0 Å². The van der Waals surface area contributed by atoms with Gasteiger partial charge in [-0.3, -0.25) is 4.99 Å². The van der Waals surface area contributed by atoms with Crippen LogP contribution in [0.3, 0.4) is 0 Å². The van der Waals surface area contributed by atoms with Crippen LogP contribution in [0.15, 0.2) is 29.3 Å². The van der Waals surface area contributed by atoms with Gasteiger partial charge in [-0.15, -0.1) is 0 Å². The first-order chi connectivity index (χ1) is 10.9. The first-order valence-electron chi connectivity index (χ1n) is 8.62. The molecule has 1 aliphatic carbocycles. The SMILES string of the molecule is CN=C(NC(C)c1ccccc1C)NC1C2CCOC2C1(C)C. The Morgan fingerprint density at radius 3 is 2.78 bits per heavy atom. The number of hydrogen-bond donors (Lipinski definition) is 2. The van der Waals surface area contributed by atoms with Gasteiger partial charge in [0.05, 0.1) is 12.1 Å². The van der Waals surface area contributed by atoms with E-state index >= 15 is 0 Å². The average Bonchev–Trinajstić information content (AvgIpc) is 2.98. The third-order valence-electron chi connectivity index (χ3n) is 5.62. The number of benzene rings is 1. The van der Waals surface area contributed by atoms with Crippen molar-refractivity contribution in [3.05, 3.63) is 35.4 Å². The molecule has 2 aliphatic rings. The summed E-state index contributed by atoms with van der Waals surface area (Å²) in [7, 11) is 1.84. The Kier molecular flexibility index (Phi) is 4.37. The molecule has 0 radical (unpaired) electrons. The molecule has 4 atom stereocenters. The molecule has 1 aromatic carbocycles. The first kappa shape index (κ1) is 16.3. The largest absolute Gasteiger partial charge is 0.377 e. The van der Waals surface area contributed by atoms with Gasteiger partial charge in [-0.1, -0.05) is 38.1 Å². The van der Waals surface area contributed by atoms with Gasteiger partial charge in [0.1, 0.15) is 0 Å². The summed E-state index contributed by atoms with van der Waals surface area (Å²) in [6, 6.07) is 9.14. The molecule has 1 heterocycles. The molecule has 1 saturated carbocycles. The Morgan fingerprint density at radius 2 is 2.09 bits per heavy atom. The van der Waals surface area contributed by atoms with Crippen molar-refractivity contribution in [2.75, 3.05) is 13.7 Å². The van der Waals surface area contributed by atoms with Crippen LogP contribution in [0, 0.1) is 18.3 Å². The molecule has 0 aromatic heterocycles. The van der Waals surface area contributed by atoms with Crippen LogP contribution in [0.2, 0.25) is 0 Å². The van der Waals surface area contributed by atoms with E-state index in [-0.39, 0.29) is 11.5 Å². The quantitative estimate of drug-likeness (QED) is 0.666. The minimum absolute atomic E-state index is 0.157. The van der Waals surface area contributed by atoms with Crippen molar-refractivity contribution in [2.45, 2.75) is 52.3 Å². The molecule has 23 heavy (non-hydrogen) atoms. The Balaban J connectivity index is 1.66. The highest BCUT2D eigenvalue weighted by Crippen LogP contribution is 2.52. The van der Waals surface area contributed by atoms with Gasteiger partial charge in [0.25, 0.3) is 0 Å². The average molecular weight is 315 g/mol. The van der Waals surface area contributed by atoms with Crippen LogP contribution in [-0.4, -0.2) is 31.8 Å². The summed E-state index contributed by atoms with van der Waals surface area (Å²) in [5, 5.41) is 7.18. The molecule has 4 nitrogen and oxygen atoms in total. The smallest absolute Gasteiger partial charge is 0.191 e. The summed E-state index contributed by atoms with van der Waals surface area (Å²) in [6.45, 7) is 9.80. The summed E-state index contributed by atoms with van der Waals surface area (Å²) in [4.78, 5) is 4.44. The molecule has 1 aliphatic heterocycles. The van der Waals surface area contributed by atoms with Crippen molar-refractivity contribution in [3.8, 4) is 0 Å². The fourth-order valence-corrected chi connectivity index (χ4v) is 4.29. The number of fused-ring (bicyclic) bond motifs is 1. The maximum atomic E-state index is 5.88. The zero-order valence-corrected chi connectivity index (χ0v) is 14.9. The predicted molar refractivity (Wildman–Crippen MR) is 94.6 cm³/mol. The maximum Gasteiger partial charge on any atom is 0.191 e. The second kappa shape index (κ2) is 6.16. The number of nitrogens with zero attached hydrogens (tertiary/aromatic N) is 1. The molecule has 2 fully saturated rings. The van der Waals surface area contributed by atoms with Gasteiger partial charge in [0, 0.05) is 31.0 Å². The molecule has 3 rings (SSSR count). The van der Waals surface area contributed by atoms with Crippen molar-refractivity contribution < 1.29 is 4.74 Å². The van der Waals surface area contributed by atoms with Gasteiger partial charge in [0.15, 0.2) is 5.96 Å². The molecule has 4 unspecified atom stereocenters. The van der Waals surface area contributed by atoms with Crippen LogP contribution >= 0.6 is 0 Å². The number of guanidine groups is 1. The van der Waals surface area contributed by atoms with E-state index in [1.165, 1.54) is 11.1 Å². The van der Waals surface area contributed by atoms with Crippen molar-refractivity contribution in [1.29, 1.82) is 0 Å². The third kappa shape index (κ3) is 2.85. The van der Waals surface area contributed by atoms with Crippen molar-refractivity contribution in [3.63, 3.8) is 0 Å². The Labute approximate surface area is 139 Å². The lowest BCUT2D eigenvalue weighted by molar-refractivity contribution is -0.106. The van der Waals surface area contributed by atoms with Crippen LogP contribution in [0.1, 0.15) is 44.4 Å². The lowest BCUT2D eigenvalue weighted by Gasteiger charge is -2.55. The zero-order valence-electron chi connectivity index (χ0n) is 14.9. The summed E-state index contributed by atoms with van der Waals surface area (Å²) in [5.41, 5.74) is 2.77. The van der Waals surface area contributed by atoms with Gasteiger partial charge in [-0.05, 0) is 31.4 Å². The topological polar surface area (TPSA) is 45.7 Å². The zero-order chi connectivity index (χ0) is 16.6. The summed E-state index contributed by atoms with van der Waals surface area (Å²) < 4.78 is 5.88. The van der Waals surface area contributed by atoms with Gasteiger partial charge in [0.2, 0.25) is 0 Å². The molecule has 0 amide bonds. The second-order valence-corrected chi connectivity index (χ2v) is 7.48. The predicted octanol–water partition coefficient (Wildman–Crippen LogP) is 3.03. The molecule has 126 valence electrons. The van der Waals surface area contributed by atoms with Crippen LogP contribution < -0.4 is 10.6 Å². The minimum Gasteiger partial charge on any atom is -0.377 e. The minimum atomic E-state index is 0.157. The molecule has 1 aromatic rings. The monoisotopic (exact) mass is 315 g/mol. The molecular weight excluding hydrogens is 286 g/mol. The first-order valence-corrected chi connectivity index (χ1v) is 8.62. The lowest BCUT2D eigenvalue weighted by atomic mass is 9.57. The third-order valence-corrected chi connectivity index (χ3v) is 5.62. The van der Waals surface area contributed by atoms with Crippen molar-refractivity contribution in [2.24, 2.45) is 16.3 Å². The Bertz CT molecular complexity index is 596. The van der Waals surface area contributed by atoms with Crippen LogP contribution in [0.5, 0.6) is 0 Å². The normalized spacial score (nSPS) is 30.3. The van der Waals surface area contributed by atoms with Crippen LogP contribution in [-0.2, 0) is 4.74 Å². The summed E-state index contributed by atoms with van der Waals surface area (Å²) in [5.74, 6) is 1.49. The van der Waals surface area contributed by atoms with Gasteiger partial charge < -0.3 is 15.4 Å². The van der Waals surface area contributed by atoms with Gasteiger partial charge in [-0.2, -0.15) is 0 Å². The highest BCUT2D eigenvalue weighted by Gasteiger charge is 2.59. The fourth-order valence-electron chi connectivity index (χ4n) is 4.29. The summed E-state index contributed by atoms with van der Waals surface area (Å²) >= 11 is 0. The fraction of sp³-hybridized carbons (Fsp3) is 0.632. The number of hydrogen-bond acceptors (Lipinski definition) is 2. The van der Waals surface area contributed by atoms with Crippen molar-refractivity contribution in [1.82, 2.24) is 10.6 Å². The van der Waals surface area contributed by atoms with E-state index < -0.39 is 0 Å². The molecule has 2 N–H and O–H groups in total. The standard InChI is InChI=1S/C19H29N3O/c1-12-8-6-7-9-14(12)13(2)21-18(20-5)22-16-15-10-11-23-17(15)19(16,3)4/h6-9,13,15-17H,10-11H2,1-5H3,(H2,20,21,22). The summed E-state index contributed by atoms with van der Waals surface area (Å²) in [6.07, 6.45) is 1.54. The molecule has 4 heteroatoms. The van der Waals surface area contributed by atoms with E-state index in [0.29, 0.717) is 18.1 Å². The van der Waals surface area contributed by atoms with Gasteiger partial charge >= 0.3 is 0 Å². The highest BCUT2D eigenvalue weighted by molar-refractivity contribution is 5.80. The number of ether oxygens (including phenoxy) is 1. The number of aliphatic imine (C=N–C) groups is 1. The van der Waals surface area contributed by atoms with E-state index in [1.807, 2.05) is 7.05 Å². The Hall–Kier alpha value is -1.55. The van der Waals surface area contributed by atoms with E-state index in [0.717, 1.165) is 19.0 Å². The van der Waals surface area contributed by atoms with E-state index in [2.05, 4.69) is 67.6 Å². The second-order valence-electron chi connectivity index (χ2n) is 7.48. The maximum absolute atomic E-state index is 5.88. The van der Waals surface area contributed by atoms with E-state index in [1.54, 1.807) is 0 Å². The number of rotatable bonds is 3. The number of nitrogens with one attached hydrogen (secondary N) is 2. The molecule has 0 bridgehead atoms. The molecule has 0 spiro atoms. The van der Waals surface area contributed by atoms with Crippen LogP contribution in [0.25, 0.3) is 0 Å². The van der Waals surface area contributed by atoms with Crippen molar-refractivity contribution >= 4 is 5.96 Å². The lowest BCUT2D eigenvalue weighted by Crippen LogP contribution is -2.68. The molecule has 1 saturated heterocycles. The van der Waals surface area contributed by atoms with E-state index in [4.69, 9.17) is 4.74 Å². The molecular formula is C19H29N3O. The number of aryl methyl sites for hydroxylation is 1. The van der Waals surface area contributed by atoms with Crippen LogP contribution in [0.4, 0.5) is 0 Å².